The number of carbonyl (C=O) groups is 2. The van der Waals surface area contributed by atoms with Crippen molar-refractivity contribution in [3.8, 4) is 11.5 Å². The summed E-state index contributed by atoms with van der Waals surface area (Å²) in [5.41, 5.74) is 1.33. The second-order valence-electron chi connectivity index (χ2n) is 7.57. The molecule has 1 saturated heterocycles. The van der Waals surface area contributed by atoms with E-state index < -0.39 is 23.5 Å². The van der Waals surface area contributed by atoms with Crippen LogP contribution in [0.4, 0.5) is 10.1 Å². The van der Waals surface area contributed by atoms with E-state index in [0.717, 1.165) is 5.56 Å². The lowest BCUT2D eigenvalue weighted by molar-refractivity contribution is -0.132. The minimum atomic E-state index is -1.15. The van der Waals surface area contributed by atoms with E-state index in [1.807, 2.05) is 0 Å². The van der Waals surface area contributed by atoms with Crippen LogP contribution in [0, 0.1) is 12.7 Å². The molecule has 0 saturated carbocycles. The number of hydrogen-bond donors (Lipinski definition) is 1. The Bertz CT molecular complexity index is 1270. The zero-order valence-electron chi connectivity index (χ0n) is 18.3. The Labute approximate surface area is 190 Å². The van der Waals surface area contributed by atoms with Gasteiger partial charge in [0, 0.05) is 16.8 Å². The molecule has 1 aliphatic rings. The van der Waals surface area contributed by atoms with Crippen molar-refractivity contribution in [2.24, 2.45) is 0 Å². The minimum Gasteiger partial charge on any atom is -0.507 e. The number of hydrogen-bond acceptors (Lipinski definition) is 5. The second kappa shape index (κ2) is 8.78. The van der Waals surface area contributed by atoms with Crippen molar-refractivity contribution in [3.05, 3.63) is 94.8 Å². The van der Waals surface area contributed by atoms with Crippen LogP contribution in [-0.2, 0) is 9.59 Å². The number of halogens is 1. The minimum absolute atomic E-state index is 0.0966. The fraction of sp³-hybridized carbons (Fsp3) is 0.154. The van der Waals surface area contributed by atoms with Gasteiger partial charge in [-0.15, -0.1) is 0 Å². The largest absolute Gasteiger partial charge is 0.507 e. The normalized spacial score (nSPS) is 17.3. The molecule has 1 heterocycles. The third-order valence-corrected chi connectivity index (χ3v) is 5.66. The highest BCUT2D eigenvalue weighted by molar-refractivity contribution is 6.51. The third-order valence-electron chi connectivity index (χ3n) is 5.66. The molecule has 0 aromatic heterocycles. The summed E-state index contributed by atoms with van der Waals surface area (Å²) in [5, 5.41) is 11.2. The van der Waals surface area contributed by atoms with E-state index in [1.54, 1.807) is 55.5 Å². The quantitative estimate of drug-likeness (QED) is 0.346. The number of aliphatic hydroxyl groups is 1. The summed E-state index contributed by atoms with van der Waals surface area (Å²) in [6.45, 7) is 1.79. The van der Waals surface area contributed by atoms with E-state index in [9.17, 15) is 19.1 Å². The molecule has 1 amide bonds. The predicted molar refractivity (Wildman–Crippen MR) is 122 cm³/mol. The highest BCUT2D eigenvalue weighted by atomic mass is 19.1. The van der Waals surface area contributed by atoms with E-state index in [4.69, 9.17) is 9.47 Å². The van der Waals surface area contributed by atoms with Gasteiger partial charge in [0.1, 0.15) is 23.1 Å². The highest BCUT2D eigenvalue weighted by Gasteiger charge is 2.47. The van der Waals surface area contributed by atoms with Crippen LogP contribution in [0.2, 0.25) is 0 Å². The van der Waals surface area contributed by atoms with Gasteiger partial charge in [0.25, 0.3) is 11.7 Å². The van der Waals surface area contributed by atoms with Crippen LogP contribution >= 0.6 is 0 Å². The number of aryl methyl sites for hydroxylation is 1. The van der Waals surface area contributed by atoms with Gasteiger partial charge in [-0.2, -0.15) is 0 Å². The number of anilines is 1. The molecule has 7 heteroatoms. The molecule has 4 rings (SSSR count). The molecule has 1 atom stereocenters. The Morgan fingerprint density at radius 1 is 0.970 bits per heavy atom. The Hall–Kier alpha value is -4.13. The van der Waals surface area contributed by atoms with Crippen molar-refractivity contribution in [2.75, 3.05) is 19.1 Å². The Balaban J connectivity index is 1.94. The van der Waals surface area contributed by atoms with E-state index in [0.29, 0.717) is 22.7 Å². The van der Waals surface area contributed by atoms with Gasteiger partial charge in [-0.25, -0.2) is 4.39 Å². The molecule has 0 radical (unpaired) electrons. The number of rotatable bonds is 5. The molecule has 1 unspecified atom stereocenters. The maximum atomic E-state index is 14.9. The molecule has 3 aromatic rings. The lowest BCUT2D eigenvalue weighted by atomic mass is 9.94. The number of ether oxygens (including phenoxy) is 2. The number of benzene rings is 3. The topological polar surface area (TPSA) is 76.1 Å². The average molecular weight is 447 g/mol. The van der Waals surface area contributed by atoms with Gasteiger partial charge >= 0.3 is 0 Å². The summed E-state index contributed by atoms with van der Waals surface area (Å²) >= 11 is 0. The molecule has 0 bridgehead atoms. The van der Waals surface area contributed by atoms with Gasteiger partial charge < -0.3 is 14.6 Å². The summed E-state index contributed by atoms with van der Waals surface area (Å²) in [7, 11) is 3.04. The molecule has 0 aliphatic carbocycles. The van der Waals surface area contributed by atoms with E-state index >= 15 is 0 Å². The monoisotopic (exact) mass is 447 g/mol. The van der Waals surface area contributed by atoms with Crippen molar-refractivity contribution in [3.63, 3.8) is 0 Å². The van der Waals surface area contributed by atoms with Crippen molar-refractivity contribution < 1.29 is 28.6 Å². The van der Waals surface area contributed by atoms with Crippen LogP contribution in [0.15, 0.2) is 72.3 Å². The van der Waals surface area contributed by atoms with Crippen LogP contribution in [0.3, 0.4) is 0 Å². The average Bonchev–Trinajstić information content (AvgIpc) is 3.09. The second-order valence-corrected chi connectivity index (χ2v) is 7.57. The van der Waals surface area contributed by atoms with E-state index in [1.165, 1.54) is 37.3 Å². The summed E-state index contributed by atoms with van der Waals surface area (Å²) in [5.74, 6) is -1.57. The molecule has 3 aromatic carbocycles. The zero-order chi connectivity index (χ0) is 23.7. The summed E-state index contributed by atoms with van der Waals surface area (Å²) in [6.07, 6.45) is 0. The first-order valence-corrected chi connectivity index (χ1v) is 10.2. The van der Waals surface area contributed by atoms with Gasteiger partial charge in [0.2, 0.25) is 0 Å². The molecular formula is C26H22FNO5. The molecule has 6 nitrogen and oxygen atoms in total. The fourth-order valence-corrected chi connectivity index (χ4v) is 4.01. The van der Waals surface area contributed by atoms with Gasteiger partial charge in [0.15, 0.2) is 0 Å². The first kappa shape index (κ1) is 22.1. The van der Waals surface area contributed by atoms with Crippen LogP contribution in [0.1, 0.15) is 22.7 Å². The molecule has 0 spiro atoms. The Kier molecular flexibility index (Phi) is 5.87. The molecule has 33 heavy (non-hydrogen) atoms. The van der Waals surface area contributed by atoms with Gasteiger partial charge in [0.05, 0.1) is 25.8 Å². The summed E-state index contributed by atoms with van der Waals surface area (Å²) < 4.78 is 25.3. The summed E-state index contributed by atoms with van der Waals surface area (Å²) in [4.78, 5) is 27.5. The Morgan fingerprint density at radius 3 is 2.27 bits per heavy atom. The number of amides is 1. The lowest BCUT2D eigenvalue weighted by Crippen LogP contribution is -2.29. The van der Waals surface area contributed by atoms with Crippen LogP contribution in [-0.4, -0.2) is 31.0 Å². The number of nitrogens with zero attached hydrogens (tertiary/aromatic N) is 1. The number of Topliss-reactive ketones (excluding diaryl/α,β-unsaturated/α-hetero) is 1. The molecule has 168 valence electrons. The number of carbonyl (C=O) groups excluding carboxylic acids is 2. The van der Waals surface area contributed by atoms with Crippen molar-refractivity contribution in [2.45, 2.75) is 13.0 Å². The van der Waals surface area contributed by atoms with Crippen LogP contribution < -0.4 is 14.4 Å². The highest BCUT2D eigenvalue weighted by Crippen LogP contribution is 2.43. The number of ketones is 1. The summed E-state index contributed by atoms with van der Waals surface area (Å²) in [6, 6.07) is 16.1. The van der Waals surface area contributed by atoms with E-state index in [2.05, 4.69) is 0 Å². The molecule has 1 fully saturated rings. The maximum absolute atomic E-state index is 14.9. The first-order chi connectivity index (χ1) is 15.9. The van der Waals surface area contributed by atoms with Crippen LogP contribution in [0.25, 0.3) is 5.76 Å². The number of aliphatic hydroxyl groups excluding tert-OH is 1. The molecule has 1 aliphatic heterocycles. The van der Waals surface area contributed by atoms with E-state index in [-0.39, 0.29) is 16.9 Å². The standard InChI is InChI=1S/C26H22FNO5/c1-15-14-16(8-13-21(15)33-3)24(29)22-23(19-6-4-5-7-20(19)27)28(26(31)25(22)30)17-9-11-18(32-2)12-10-17/h4-14,23,29H,1-3H3/b24-22+. The van der Waals surface area contributed by atoms with Gasteiger partial charge in [-0.3, -0.25) is 14.5 Å². The van der Waals surface area contributed by atoms with Crippen molar-refractivity contribution in [1.82, 2.24) is 0 Å². The molecule has 1 N–H and O–H groups in total. The van der Waals surface area contributed by atoms with Gasteiger partial charge in [-0.05, 0) is 61.0 Å². The predicted octanol–water partition coefficient (Wildman–Crippen LogP) is 4.78. The van der Waals surface area contributed by atoms with Crippen LogP contribution in [0.5, 0.6) is 11.5 Å². The SMILES string of the molecule is COc1ccc(N2C(=O)C(=O)/C(=C(/O)c3ccc(OC)c(C)c3)C2c2ccccc2F)cc1. The van der Waals surface area contributed by atoms with Gasteiger partial charge in [-0.1, -0.05) is 18.2 Å². The maximum Gasteiger partial charge on any atom is 0.300 e. The first-order valence-electron chi connectivity index (χ1n) is 10.2. The fourth-order valence-electron chi connectivity index (χ4n) is 4.01. The molecular weight excluding hydrogens is 425 g/mol. The zero-order valence-corrected chi connectivity index (χ0v) is 18.3. The lowest BCUT2D eigenvalue weighted by Gasteiger charge is -2.26. The number of methoxy groups -OCH3 is 2. The third kappa shape index (κ3) is 3.82. The smallest absolute Gasteiger partial charge is 0.300 e. The van der Waals surface area contributed by atoms with Crippen molar-refractivity contribution in [1.29, 1.82) is 0 Å². The Morgan fingerprint density at radius 2 is 1.67 bits per heavy atom. The van der Waals surface area contributed by atoms with Crippen molar-refractivity contribution >= 4 is 23.1 Å².